The van der Waals surface area contributed by atoms with E-state index in [9.17, 15) is 0 Å². The van der Waals surface area contributed by atoms with Crippen LogP contribution in [0.4, 0.5) is 0 Å². The van der Waals surface area contributed by atoms with E-state index in [4.69, 9.17) is 0 Å². The van der Waals surface area contributed by atoms with Gasteiger partial charge in [0.2, 0.25) is 0 Å². The molecule has 2 nitrogen and oxygen atoms in total. The third-order valence-electron chi connectivity index (χ3n) is 5.59. The molecule has 4 rings (SSSR count). The zero-order valence-corrected chi connectivity index (χ0v) is 10.8. The number of hydrogen-bond donors (Lipinski definition) is 1. The Hall–Kier alpha value is -0.0800. The van der Waals surface area contributed by atoms with Gasteiger partial charge in [-0.05, 0) is 68.6 Å². The van der Waals surface area contributed by atoms with E-state index < -0.39 is 0 Å². The van der Waals surface area contributed by atoms with E-state index in [1.807, 2.05) is 0 Å². The molecule has 0 aromatic rings. The average molecular weight is 222 g/mol. The van der Waals surface area contributed by atoms with Crippen LogP contribution < -0.4 is 5.32 Å². The molecule has 0 aromatic heterocycles. The van der Waals surface area contributed by atoms with Gasteiger partial charge in [-0.15, -0.1) is 0 Å². The van der Waals surface area contributed by atoms with Crippen LogP contribution in [-0.4, -0.2) is 37.6 Å². The second-order valence-electron chi connectivity index (χ2n) is 6.59. The Labute approximate surface area is 99.8 Å². The topological polar surface area (TPSA) is 15.3 Å². The van der Waals surface area contributed by atoms with Gasteiger partial charge in [0, 0.05) is 6.54 Å². The van der Waals surface area contributed by atoms with Crippen molar-refractivity contribution < 1.29 is 0 Å². The summed E-state index contributed by atoms with van der Waals surface area (Å²) in [6.07, 6.45) is 4.38. The van der Waals surface area contributed by atoms with E-state index in [0.29, 0.717) is 5.41 Å². The molecule has 4 heterocycles. The van der Waals surface area contributed by atoms with Crippen LogP contribution >= 0.6 is 0 Å². The maximum Gasteiger partial charge on any atom is 0.00444 e. The first-order chi connectivity index (χ1) is 7.72. The van der Waals surface area contributed by atoms with Crippen molar-refractivity contribution in [3.8, 4) is 0 Å². The molecule has 4 aliphatic rings. The van der Waals surface area contributed by atoms with Gasteiger partial charge in [0.15, 0.2) is 0 Å². The lowest BCUT2D eigenvalue weighted by atomic mass is 9.55. The standard InChI is InChI=1S/C14H26N2/c1-11(2)13-9-15-6-5-14(13)10-16-7-3-12(14)4-8-16/h11-13,15H,3-10H2,1-2H3. The minimum Gasteiger partial charge on any atom is -0.316 e. The molecule has 2 unspecified atom stereocenters. The third kappa shape index (κ3) is 1.53. The van der Waals surface area contributed by atoms with Crippen molar-refractivity contribution in [3.05, 3.63) is 0 Å². The molecule has 0 aromatic carbocycles. The number of hydrogen-bond acceptors (Lipinski definition) is 2. The molecule has 1 N–H and O–H groups in total. The molecule has 0 saturated carbocycles. The predicted octanol–water partition coefficient (Wildman–Crippen LogP) is 1.96. The molecule has 0 amide bonds. The van der Waals surface area contributed by atoms with Gasteiger partial charge in [0.25, 0.3) is 0 Å². The van der Waals surface area contributed by atoms with E-state index in [-0.39, 0.29) is 0 Å². The second-order valence-corrected chi connectivity index (χ2v) is 6.59. The minimum absolute atomic E-state index is 0.677. The molecule has 16 heavy (non-hydrogen) atoms. The Morgan fingerprint density at radius 2 is 2.00 bits per heavy atom. The first kappa shape index (κ1) is 11.0. The van der Waals surface area contributed by atoms with E-state index in [0.717, 1.165) is 17.8 Å². The monoisotopic (exact) mass is 222 g/mol. The molecule has 2 atom stereocenters. The molecular formula is C14H26N2. The largest absolute Gasteiger partial charge is 0.316 e. The molecule has 2 heteroatoms. The van der Waals surface area contributed by atoms with Crippen molar-refractivity contribution >= 4 is 0 Å². The highest BCUT2D eigenvalue weighted by molar-refractivity contribution is 5.04. The lowest BCUT2D eigenvalue weighted by molar-refractivity contribution is -0.0960. The lowest BCUT2D eigenvalue weighted by Gasteiger charge is -2.59. The highest BCUT2D eigenvalue weighted by atomic mass is 15.2. The normalized spacial score (nSPS) is 47.8. The lowest BCUT2D eigenvalue weighted by Crippen LogP contribution is -2.62. The van der Waals surface area contributed by atoms with Crippen LogP contribution in [0.2, 0.25) is 0 Å². The molecule has 4 fully saturated rings. The maximum absolute atomic E-state index is 3.63. The molecular weight excluding hydrogens is 196 g/mol. The van der Waals surface area contributed by atoms with Gasteiger partial charge in [-0.1, -0.05) is 13.8 Å². The van der Waals surface area contributed by atoms with Crippen LogP contribution in [0.25, 0.3) is 0 Å². The highest BCUT2D eigenvalue weighted by Gasteiger charge is 2.52. The highest BCUT2D eigenvalue weighted by Crippen LogP contribution is 2.52. The quantitative estimate of drug-likeness (QED) is 0.729. The summed E-state index contributed by atoms with van der Waals surface area (Å²) >= 11 is 0. The van der Waals surface area contributed by atoms with Gasteiger partial charge in [0.05, 0.1) is 0 Å². The van der Waals surface area contributed by atoms with E-state index in [1.165, 1.54) is 52.0 Å². The van der Waals surface area contributed by atoms with Gasteiger partial charge < -0.3 is 10.2 Å². The van der Waals surface area contributed by atoms with Crippen molar-refractivity contribution in [2.75, 3.05) is 32.7 Å². The second kappa shape index (κ2) is 3.99. The van der Waals surface area contributed by atoms with Crippen LogP contribution in [-0.2, 0) is 0 Å². The first-order valence-corrected chi connectivity index (χ1v) is 7.15. The summed E-state index contributed by atoms with van der Waals surface area (Å²) in [4.78, 5) is 2.74. The van der Waals surface area contributed by atoms with Gasteiger partial charge in [-0.25, -0.2) is 0 Å². The molecule has 0 radical (unpaired) electrons. The molecule has 1 spiro atoms. The first-order valence-electron chi connectivity index (χ1n) is 7.15. The fraction of sp³-hybridized carbons (Fsp3) is 1.00. The third-order valence-corrected chi connectivity index (χ3v) is 5.59. The molecule has 2 bridgehead atoms. The van der Waals surface area contributed by atoms with Crippen LogP contribution in [0.5, 0.6) is 0 Å². The summed E-state index contributed by atoms with van der Waals surface area (Å²) in [6, 6.07) is 0. The Morgan fingerprint density at radius 1 is 1.25 bits per heavy atom. The fourth-order valence-corrected chi connectivity index (χ4v) is 4.78. The van der Waals surface area contributed by atoms with Gasteiger partial charge in [0.1, 0.15) is 0 Å². The van der Waals surface area contributed by atoms with Crippen molar-refractivity contribution in [2.24, 2.45) is 23.2 Å². The zero-order valence-electron chi connectivity index (χ0n) is 10.8. The van der Waals surface area contributed by atoms with E-state index in [1.54, 1.807) is 0 Å². The Balaban J connectivity index is 1.88. The summed E-state index contributed by atoms with van der Waals surface area (Å²) in [5, 5.41) is 3.63. The number of fused-ring (bicyclic) bond motifs is 2. The summed E-state index contributed by atoms with van der Waals surface area (Å²) in [7, 11) is 0. The van der Waals surface area contributed by atoms with Crippen molar-refractivity contribution in [1.29, 1.82) is 0 Å². The van der Waals surface area contributed by atoms with Gasteiger partial charge in [-0.3, -0.25) is 0 Å². The van der Waals surface area contributed by atoms with E-state index >= 15 is 0 Å². The molecule has 92 valence electrons. The van der Waals surface area contributed by atoms with Crippen molar-refractivity contribution in [1.82, 2.24) is 10.2 Å². The predicted molar refractivity (Wildman–Crippen MR) is 67.4 cm³/mol. The van der Waals surface area contributed by atoms with Crippen LogP contribution in [0.3, 0.4) is 0 Å². The van der Waals surface area contributed by atoms with Crippen LogP contribution in [0, 0.1) is 23.2 Å². The van der Waals surface area contributed by atoms with Crippen LogP contribution in [0.1, 0.15) is 33.1 Å². The van der Waals surface area contributed by atoms with Gasteiger partial charge in [-0.2, -0.15) is 0 Å². The minimum atomic E-state index is 0.677. The van der Waals surface area contributed by atoms with Gasteiger partial charge >= 0.3 is 0 Å². The summed E-state index contributed by atoms with van der Waals surface area (Å²) in [5.74, 6) is 2.79. The Morgan fingerprint density at radius 3 is 2.56 bits per heavy atom. The number of piperidine rings is 4. The Bertz CT molecular complexity index is 255. The summed E-state index contributed by atoms with van der Waals surface area (Å²) in [6.45, 7) is 11.5. The molecule has 4 aliphatic heterocycles. The zero-order chi connectivity index (χ0) is 11.2. The van der Waals surface area contributed by atoms with E-state index in [2.05, 4.69) is 24.1 Å². The summed E-state index contributed by atoms with van der Waals surface area (Å²) in [5.41, 5.74) is 0.677. The number of rotatable bonds is 1. The number of nitrogens with zero attached hydrogens (tertiary/aromatic N) is 1. The summed E-state index contributed by atoms with van der Waals surface area (Å²) < 4.78 is 0. The smallest absolute Gasteiger partial charge is 0.00444 e. The fourth-order valence-electron chi connectivity index (χ4n) is 4.78. The number of nitrogens with one attached hydrogen (secondary N) is 1. The Kier molecular flexibility index (Phi) is 2.75. The molecule has 4 saturated heterocycles. The van der Waals surface area contributed by atoms with Crippen LogP contribution in [0.15, 0.2) is 0 Å². The molecule has 0 aliphatic carbocycles. The van der Waals surface area contributed by atoms with Crippen molar-refractivity contribution in [3.63, 3.8) is 0 Å². The maximum atomic E-state index is 3.63. The SMILES string of the molecule is CC(C)C1CNCCC12CN1CCC2CC1. The van der Waals surface area contributed by atoms with Crippen molar-refractivity contribution in [2.45, 2.75) is 33.1 Å². The average Bonchev–Trinajstić information content (AvgIpc) is 2.30.